The standard InChI is InChI=1S/C12H15N3/c1-10(2)12-8-15(9-14-12)7-11-3-5-13-6-4-11/h3-6,8-10H,7H2,1-2H3. The molecule has 2 rings (SSSR count). The lowest BCUT2D eigenvalue weighted by molar-refractivity contribution is 0.788. The molecule has 0 radical (unpaired) electrons. The van der Waals surface area contributed by atoms with Crippen molar-refractivity contribution < 1.29 is 0 Å². The second kappa shape index (κ2) is 4.26. The van der Waals surface area contributed by atoms with Crippen molar-refractivity contribution in [2.45, 2.75) is 26.3 Å². The van der Waals surface area contributed by atoms with E-state index in [1.54, 1.807) is 0 Å². The summed E-state index contributed by atoms with van der Waals surface area (Å²) in [5.41, 5.74) is 2.39. The summed E-state index contributed by atoms with van der Waals surface area (Å²) >= 11 is 0. The van der Waals surface area contributed by atoms with Gasteiger partial charge in [0.25, 0.3) is 0 Å². The molecule has 0 fully saturated rings. The monoisotopic (exact) mass is 201 g/mol. The summed E-state index contributed by atoms with van der Waals surface area (Å²) in [4.78, 5) is 8.35. The second-order valence-corrected chi connectivity index (χ2v) is 3.98. The summed E-state index contributed by atoms with van der Waals surface area (Å²) in [6, 6.07) is 4.05. The van der Waals surface area contributed by atoms with Crippen LogP contribution in [0.4, 0.5) is 0 Å². The summed E-state index contributed by atoms with van der Waals surface area (Å²) in [5.74, 6) is 0.490. The first-order chi connectivity index (χ1) is 7.25. The van der Waals surface area contributed by atoms with E-state index < -0.39 is 0 Å². The van der Waals surface area contributed by atoms with Gasteiger partial charge in [-0.1, -0.05) is 13.8 Å². The Balaban J connectivity index is 2.12. The van der Waals surface area contributed by atoms with Crippen LogP contribution in [-0.4, -0.2) is 14.5 Å². The van der Waals surface area contributed by atoms with E-state index in [0.717, 1.165) is 12.2 Å². The zero-order valence-corrected chi connectivity index (χ0v) is 9.09. The quantitative estimate of drug-likeness (QED) is 0.763. The fourth-order valence-corrected chi connectivity index (χ4v) is 1.46. The Morgan fingerprint density at radius 3 is 2.60 bits per heavy atom. The molecule has 2 aromatic rings. The van der Waals surface area contributed by atoms with Gasteiger partial charge in [0.15, 0.2) is 0 Å². The Morgan fingerprint density at radius 2 is 2.00 bits per heavy atom. The Hall–Kier alpha value is -1.64. The number of hydrogen-bond donors (Lipinski definition) is 0. The van der Waals surface area contributed by atoms with Gasteiger partial charge < -0.3 is 4.57 Å². The Morgan fingerprint density at radius 1 is 1.27 bits per heavy atom. The maximum atomic E-state index is 4.36. The maximum Gasteiger partial charge on any atom is 0.0952 e. The first-order valence-corrected chi connectivity index (χ1v) is 5.16. The van der Waals surface area contributed by atoms with Crippen molar-refractivity contribution in [1.82, 2.24) is 14.5 Å². The third-order valence-corrected chi connectivity index (χ3v) is 2.36. The third-order valence-electron chi connectivity index (χ3n) is 2.36. The molecule has 0 N–H and O–H groups in total. The predicted octanol–water partition coefficient (Wildman–Crippen LogP) is 2.45. The van der Waals surface area contributed by atoms with Crippen molar-refractivity contribution in [1.29, 1.82) is 0 Å². The van der Waals surface area contributed by atoms with E-state index >= 15 is 0 Å². The van der Waals surface area contributed by atoms with Gasteiger partial charge in [-0.2, -0.15) is 0 Å². The Labute approximate surface area is 89.8 Å². The predicted molar refractivity (Wildman–Crippen MR) is 59.7 cm³/mol. The van der Waals surface area contributed by atoms with E-state index in [1.165, 1.54) is 5.56 Å². The fraction of sp³-hybridized carbons (Fsp3) is 0.333. The van der Waals surface area contributed by atoms with Crippen LogP contribution in [0.1, 0.15) is 31.0 Å². The summed E-state index contributed by atoms with van der Waals surface area (Å²) in [5, 5.41) is 0. The molecule has 0 aromatic carbocycles. The Kier molecular flexibility index (Phi) is 2.81. The molecule has 0 aliphatic carbocycles. The molecule has 0 unspecified atom stereocenters. The minimum Gasteiger partial charge on any atom is -0.333 e. The van der Waals surface area contributed by atoms with Crippen LogP contribution in [0.25, 0.3) is 0 Å². The van der Waals surface area contributed by atoms with Crippen molar-refractivity contribution in [2.75, 3.05) is 0 Å². The summed E-state index contributed by atoms with van der Waals surface area (Å²) in [6.07, 6.45) is 7.62. The highest BCUT2D eigenvalue weighted by molar-refractivity contribution is 5.11. The molecule has 0 saturated heterocycles. The largest absolute Gasteiger partial charge is 0.333 e. The molecule has 0 amide bonds. The number of rotatable bonds is 3. The zero-order chi connectivity index (χ0) is 10.7. The lowest BCUT2D eigenvalue weighted by atomic mass is 10.2. The van der Waals surface area contributed by atoms with Crippen molar-refractivity contribution in [2.24, 2.45) is 0 Å². The van der Waals surface area contributed by atoms with Crippen LogP contribution in [0.5, 0.6) is 0 Å². The van der Waals surface area contributed by atoms with Gasteiger partial charge >= 0.3 is 0 Å². The second-order valence-electron chi connectivity index (χ2n) is 3.98. The molecule has 0 saturated carbocycles. The lowest BCUT2D eigenvalue weighted by Crippen LogP contribution is -1.96. The maximum absolute atomic E-state index is 4.36. The van der Waals surface area contributed by atoms with Gasteiger partial charge in [0.2, 0.25) is 0 Å². The van der Waals surface area contributed by atoms with Crippen LogP contribution in [0.3, 0.4) is 0 Å². The van der Waals surface area contributed by atoms with Crippen molar-refractivity contribution in [3.63, 3.8) is 0 Å². The van der Waals surface area contributed by atoms with Gasteiger partial charge in [-0.15, -0.1) is 0 Å². The molecule has 3 heteroatoms. The van der Waals surface area contributed by atoms with Crippen LogP contribution in [0.2, 0.25) is 0 Å². The van der Waals surface area contributed by atoms with E-state index in [2.05, 4.69) is 34.6 Å². The molecule has 78 valence electrons. The van der Waals surface area contributed by atoms with Crippen LogP contribution in [-0.2, 0) is 6.54 Å². The molecule has 0 aliphatic heterocycles. The van der Waals surface area contributed by atoms with Crippen LogP contribution >= 0.6 is 0 Å². The molecule has 0 atom stereocenters. The van der Waals surface area contributed by atoms with Crippen molar-refractivity contribution in [3.05, 3.63) is 48.3 Å². The SMILES string of the molecule is CC(C)c1cn(Cc2ccncc2)cn1. The minimum atomic E-state index is 0.490. The van der Waals surface area contributed by atoms with Gasteiger partial charge in [0.05, 0.1) is 12.0 Å². The van der Waals surface area contributed by atoms with Crippen molar-refractivity contribution in [3.8, 4) is 0 Å². The highest BCUT2D eigenvalue weighted by Crippen LogP contribution is 2.11. The first-order valence-electron chi connectivity index (χ1n) is 5.16. The molecule has 2 aromatic heterocycles. The number of imidazole rings is 1. The van der Waals surface area contributed by atoms with Gasteiger partial charge in [0.1, 0.15) is 0 Å². The van der Waals surface area contributed by atoms with Crippen LogP contribution in [0, 0.1) is 0 Å². The molecule has 2 heterocycles. The zero-order valence-electron chi connectivity index (χ0n) is 9.09. The highest BCUT2D eigenvalue weighted by atomic mass is 15.0. The molecular weight excluding hydrogens is 186 g/mol. The molecule has 0 aliphatic rings. The number of hydrogen-bond acceptors (Lipinski definition) is 2. The normalized spacial score (nSPS) is 10.9. The summed E-state index contributed by atoms with van der Waals surface area (Å²) in [6.45, 7) is 5.17. The first kappa shape index (κ1) is 9.90. The number of pyridine rings is 1. The average Bonchev–Trinajstić information content (AvgIpc) is 2.68. The molecule has 0 bridgehead atoms. The van der Waals surface area contributed by atoms with Gasteiger partial charge in [-0.05, 0) is 23.6 Å². The third kappa shape index (κ3) is 2.43. The molecule has 0 spiro atoms. The van der Waals surface area contributed by atoms with Gasteiger partial charge in [-0.25, -0.2) is 4.98 Å². The van der Waals surface area contributed by atoms with Gasteiger partial charge in [0, 0.05) is 25.1 Å². The van der Waals surface area contributed by atoms with E-state index in [0.29, 0.717) is 5.92 Å². The van der Waals surface area contributed by atoms with E-state index in [1.807, 2.05) is 30.9 Å². The average molecular weight is 201 g/mol. The number of aromatic nitrogens is 3. The molecule has 15 heavy (non-hydrogen) atoms. The van der Waals surface area contributed by atoms with Crippen LogP contribution in [0.15, 0.2) is 37.1 Å². The van der Waals surface area contributed by atoms with E-state index in [-0.39, 0.29) is 0 Å². The summed E-state index contributed by atoms with van der Waals surface area (Å²) < 4.78 is 2.10. The highest BCUT2D eigenvalue weighted by Gasteiger charge is 2.02. The smallest absolute Gasteiger partial charge is 0.0952 e. The fourth-order valence-electron chi connectivity index (χ4n) is 1.46. The number of nitrogens with zero attached hydrogens (tertiary/aromatic N) is 3. The minimum absolute atomic E-state index is 0.490. The summed E-state index contributed by atoms with van der Waals surface area (Å²) in [7, 11) is 0. The van der Waals surface area contributed by atoms with E-state index in [9.17, 15) is 0 Å². The van der Waals surface area contributed by atoms with E-state index in [4.69, 9.17) is 0 Å². The molecular formula is C12H15N3. The molecule has 3 nitrogen and oxygen atoms in total. The van der Waals surface area contributed by atoms with Gasteiger partial charge in [-0.3, -0.25) is 4.98 Å². The Bertz CT molecular complexity index is 417. The topological polar surface area (TPSA) is 30.7 Å². The van der Waals surface area contributed by atoms with Crippen molar-refractivity contribution >= 4 is 0 Å². The lowest BCUT2D eigenvalue weighted by Gasteiger charge is -2.01. The van der Waals surface area contributed by atoms with Crippen LogP contribution < -0.4 is 0 Å².